The molecule has 0 bridgehead atoms. The molecule has 0 atom stereocenters. The third-order valence-electron chi connectivity index (χ3n) is 19.5. The molecular formula is C92H71BN4Se2. The summed E-state index contributed by atoms with van der Waals surface area (Å²) in [6.45, 7) is 13.2. The minimum absolute atomic E-state index is 0.00287. The Morgan fingerprint density at radius 3 is 1.08 bits per heavy atom. The summed E-state index contributed by atoms with van der Waals surface area (Å²) < 4.78 is 223. The number of rotatable bonds is 9. The molecule has 13 aromatic carbocycles. The molecule has 474 valence electrons. The molecule has 17 aromatic rings. The normalized spacial score (nSPS) is 16.1. The minimum atomic E-state index is -1.54. The first-order chi connectivity index (χ1) is 57.5. The van der Waals surface area contributed by atoms with Crippen LogP contribution in [0.5, 0.6) is 0 Å². The van der Waals surface area contributed by atoms with Crippen LogP contribution in [0.3, 0.4) is 0 Å². The van der Waals surface area contributed by atoms with Crippen molar-refractivity contribution in [3.8, 4) is 55.9 Å². The molecule has 19 rings (SSSR count). The fourth-order valence-corrected chi connectivity index (χ4v) is 19.5. The van der Waals surface area contributed by atoms with Crippen LogP contribution in [0, 0.1) is 0 Å². The predicted molar refractivity (Wildman–Crippen MR) is 427 cm³/mol. The Morgan fingerprint density at radius 1 is 0.384 bits per heavy atom. The Balaban J connectivity index is 1.08. The van der Waals surface area contributed by atoms with Crippen molar-refractivity contribution >= 4 is 147 Å². The summed E-state index contributed by atoms with van der Waals surface area (Å²) in [6.07, 6.45) is 0.319. The molecule has 99 heavy (non-hydrogen) atoms. The fraction of sp³-hybridized carbons (Fsp3) is 0.109. The molecule has 0 saturated carbocycles. The first kappa shape index (κ1) is 41.1. The Kier molecular flexibility index (Phi) is 9.50. The van der Waals surface area contributed by atoms with Gasteiger partial charge in [0.1, 0.15) is 0 Å². The maximum absolute atomic E-state index is 11.8. The molecule has 0 fully saturated rings. The number of hydrogen-bond donors (Lipinski definition) is 0. The molecule has 0 amide bonds. The standard InChI is InChI=1S/C92H71BN4Se2/c1-8-57-49-80-86-81(50-57)97(88-72(60-33-17-11-18-34-60)53-63(92(5,6)7)54-73(88)61-35-19-12-20-36-61)79-56-65(95-77-42-26-22-38-67(77)85-69-40-24-28-44-83(69)99-90(85)95)46-48-75(79)93(86)74-47-45-64(94-76-41-25-21-37-66(76)84-68-39-23-27-43-82(68)98-89(84)94)55-78(74)96(80)87-70(58-29-13-9-14-30-58)51-62(91(2,3)4)52-71(87)59-31-15-10-16-32-59/h9-56H,8H2,1-7H3/i21D,22D,23D,24D,25D,26D,27D,28D,37D,38D,39D,40D,41D,42D,43D,44D,45D,46D,47D,48D,55D,56D. The van der Waals surface area contributed by atoms with E-state index >= 15 is 0 Å². The molecule has 2 aliphatic heterocycles. The van der Waals surface area contributed by atoms with Gasteiger partial charge in [-0.05, 0) is 0 Å². The number of nitrogens with zero attached hydrogens (tertiary/aromatic N) is 4. The van der Waals surface area contributed by atoms with Crippen molar-refractivity contribution in [2.24, 2.45) is 0 Å². The van der Waals surface area contributed by atoms with E-state index in [1.165, 1.54) is 9.13 Å². The van der Waals surface area contributed by atoms with Gasteiger partial charge in [0, 0.05) is 0 Å². The zero-order chi connectivity index (χ0) is 85.7. The monoisotopic (exact) mass is 1420 g/mol. The number of fused-ring (bicyclic) bond motifs is 14. The van der Waals surface area contributed by atoms with Gasteiger partial charge < -0.3 is 0 Å². The molecule has 0 aliphatic carbocycles. The van der Waals surface area contributed by atoms with E-state index in [4.69, 9.17) is 5.48 Å². The van der Waals surface area contributed by atoms with Crippen molar-refractivity contribution in [2.75, 3.05) is 9.80 Å². The molecule has 4 aromatic heterocycles. The van der Waals surface area contributed by atoms with Crippen LogP contribution in [0.15, 0.2) is 291 Å². The SMILES string of the molecule is [2H]c1c([2H])c(-n2c3[se]c4c([2H])c([2H])c([2H])c([2H])c4c3c3c([2H])c([2H])c([2H])c([2H])c32)c([2H])c2c1B1c3c(cc(CC)cc3N(c3c(-c4ccccc4)cc(C(C)(C)C)cc3-c3ccccc3)c3c([2H])c(-n4c5[se]c6c([2H])c([2H])c([2H])c([2H])c6c5c5c([2H])c([2H])c([2H])c([2H])c54)c([2H])c([2H])c31)N2c1c(-c2ccccc2)cc(C(C)(C)C)cc1-c1ccccc1. The van der Waals surface area contributed by atoms with Crippen LogP contribution < -0.4 is 26.2 Å². The predicted octanol–water partition coefficient (Wildman–Crippen LogP) is 22.2. The second-order valence-corrected chi connectivity index (χ2v) is 31.6. The number of aromatic nitrogens is 2. The van der Waals surface area contributed by atoms with Crippen molar-refractivity contribution in [3.05, 3.63) is 307 Å². The third kappa shape index (κ3) is 9.39. The average Bonchev–Trinajstić information content (AvgIpc) is 1.42. The van der Waals surface area contributed by atoms with Gasteiger partial charge >= 0.3 is 625 Å². The first-order valence-electron chi connectivity index (χ1n) is 44.0. The zero-order valence-electron chi connectivity index (χ0n) is 76.9. The van der Waals surface area contributed by atoms with Crippen molar-refractivity contribution in [1.29, 1.82) is 0 Å². The third-order valence-corrected chi connectivity index (χ3v) is 24.1. The molecule has 0 radical (unpaired) electrons. The Labute approximate surface area is 621 Å². The van der Waals surface area contributed by atoms with Gasteiger partial charge in [-0.3, -0.25) is 0 Å². The summed E-state index contributed by atoms with van der Waals surface area (Å²) in [7, 11) is 0. The van der Waals surface area contributed by atoms with Crippen LogP contribution in [0.25, 0.3) is 117 Å². The van der Waals surface area contributed by atoms with Crippen molar-refractivity contribution in [2.45, 2.75) is 65.7 Å². The Hall–Kier alpha value is -10.4. The van der Waals surface area contributed by atoms with E-state index in [2.05, 4.69) is 65.8 Å². The van der Waals surface area contributed by atoms with E-state index in [0.29, 0.717) is 62.5 Å². The van der Waals surface area contributed by atoms with Crippen molar-refractivity contribution in [1.82, 2.24) is 9.13 Å². The summed E-state index contributed by atoms with van der Waals surface area (Å²) in [6, 6.07) is 39.4. The molecule has 0 spiro atoms. The Bertz CT molecular complexity index is 6940. The van der Waals surface area contributed by atoms with Crippen LogP contribution in [-0.4, -0.2) is 44.9 Å². The second kappa shape index (κ2) is 22.9. The first-order valence-corrected chi connectivity index (χ1v) is 36.5. The van der Waals surface area contributed by atoms with E-state index < -0.39 is 167 Å². The molecule has 0 unspecified atom stereocenters. The maximum atomic E-state index is 11.8. The van der Waals surface area contributed by atoms with E-state index in [1.54, 1.807) is 0 Å². The quantitative estimate of drug-likeness (QED) is 0.134. The van der Waals surface area contributed by atoms with Gasteiger partial charge in [-0.25, -0.2) is 0 Å². The Morgan fingerprint density at radius 2 is 0.727 bits per heavy atom. The van der Waals surface area contributed by atoms with E-state index in [9.17, 15) is 24.7 Å². The molecule has 0 saturated heterocycles. The van der Waals surface area contributed by atoms with Crippen molar-refractivity contribution < 1.29 is 30.2 Å². The number of aryl methyl sites for hydroxylation is 1. The summed E-state index contributed by atoms with van der Waals surface area (Å²) in [4.78, 5) is 3.93. The van der Waals surface area contributed by atoms with Gasteiger partial charge in [0.15, 0.2) is 0 Å². The molecule has 4 nitrogen and oxygen atoms in total. The number of anilines is 6. The number of para-hydroxylation sites is 2. The van der Waals surface area contributed by atoms with E-state index in [-0.39, 0.29) is 106 Å². The molecular weight excluding hydrogens is 1330 g/mol. The number of benzene rings is 13. The van der Waals surface area contributed by atoms with Gasteiger partial charge in [-0.15, -0.1) is 0 Å². The van der Waals surface area contributed by atoms with Gasteiger partial charge in [0.05, 0.1) is 0 Å². The van der Waals surface area contributed by atoms with E-state index in [0.717, 1.165) is 33.4 Å². The summed E-state index contributed by atoms with van der Waals surface area (Å²) in [5.74, 6) is 0. The molecule has 2 aliphatic rings. The topological polar surface area (TPSA) is 16.3 Å². The van der Waals surface area contributed by atoms with Crippen molar-refractivity contribution in [3.63, 3.8) is 0 Å². The summed E-state index contributed by atoms with van der Waals surface area (Å²) in [5.41, 5.74) is 7.76. The second-order valence-electron chi connectivity index (χ2n) is 27.4. The summed E-state index contributed by atoms with van der Waals surface area (Å²) >= 11 is -2.40. The van der Waals surface area contributed by atoms with Crippen LogP contribution >= 0.6 is 0 Å². The average molecular weight is 1420 g/mol. The van der Waals surface area contributed by atoms with Gasteiger partial charge in [-0.2, -0.15) is 0 Å². The van der Waals surface area contributed by atoms with Crippen LogP contribution in [0.1, 0.15) is 95.3 Å². The number of hydrogen-bond acceptors (Lipinski definition) is 2. The zero-order valence-corrected chi connectivity index (χ0v) is 58.3. The van der Waals surface area contributed by atoms with Gasteiger partial charge in [-0.1, -0.05) is 0 Å². The van der Waals surface area contributed by atoms with Crippen LogP contribution in [-0.2, 0) is 17.3 Å². The fourth-order valence-electron chi connectivity index (χ4n) is 14.8. The molecule has 6 heterocycles. The molecule has 7 heteroatoms. The van der Waals surface area contributed by atoms with E-state index in [1.807, 2.05) is 150 Å². The van der Waals surface area contributed by atoms with Crippen LogP contribution in [0.4, 0.5) is 34.1 Å². The van der Waals surface area contributed by atoms with Crippen LogP contribution in [0.2, 0.25) is 0 Å². The summed E-state index contributed by atoms with van der Waals surface area (Å²) in [5, 5.41) is -0.125. The van der Waals surface area contributed by atoms with Gasteiger partial charge in [0.25, 0.3) is 0 Å². The van der Waals surface area contributed by atoms with Gasteiger partial charge in [0.2, 0.25) is 0 Å². The molecule has 0 N–H and O–H groups in total.